The third kappa shape index (κ3) is 3.76. The summed E-state index contributed by atoms with van der Waals surface area (Å²) in [4.78, 5) is 13.6. The lowest BCUT2D eigenvalue weighted by atomic mass is 10.2. The van der Waals surface area contributed by atoms with Gasteiger partial charge in [-0.15, -0.1) is 11.3 Å². The number of nitrogens with zero attached hydrogens (tertiary/aromatic N) is 2. The second-order valence-electron chi connectivity index (χ2n) is 3.31. The number of thiophene rings is 1. The van der Waals surface area contributed by atoms with Crippen LogP contribution in [0.15, 0.2) is 6.07 Å². The Bertz CT molecular complexity index is 425. The third-order valence-corrected chi connectivity index (χ3v) is 3.46. The molecule has 3 nitrogen and oxygen atoms in total. The Morgan fingerprint density at radius 1 is 1.62 bits per heavy atom. The highest BCUT2D eigenvalue weighted by Gasteiger charge is 2.15. The zero-order valence-corrected chi connectivity index (χ0v) is 11.0. The summed E-state index contributed by atoms with van der Waals surface area (Å²) in [6.45, 7) is 0.812. The molecule has 0 atom stereocenters. The molecule has 0 amide bonds. The van der Waals surface area contributed by atoms with E-state index in [1.165, 1.54) is 11.3 Å². The number of carbonyl (C=O) groups is 1. The summed E-state index contributed by atoms with van der Waals surface area (Å²) in [6.07, 6.45) is 0.405. The Balaban J connectivity index is 2.59. The summed E-state index contributed by atoms with van der Waals surface area (Å²) in [7, 11) is 1.79. The number of ketones is 1. The van der Waals surface area contributed by atoms with Crippen molar-refractivity contribution in [2.75, 3.05) is 20.1 Å². The Morgan fingerprint density at radius 3 is 2.81 bits per heavy atom. The van der Waals surface area contributed by atoms with E-state index in [4.69, 9.17) is 28.5 Å². The van der Waals surface area contributed by atoms with Crippen molar-refractivity contribution >= 4 is 40.3 Å². The Hall–Kier alpha value is -0.600. The van der Waals surface area contributed by atoms with Crippen molar-refractivity contribution in [2.45, 2.75) is 6.42 Å². The first-order chi connectivity index (χ1) is 7.54. The summed E-state index contributed by atoms with van der Waals surface area (Å²) >= 11 is 12.8. The first-order valence-electron chi connectivity index (χ1n) is 4.58. The van der Waals surface area contributed by atoms with Crippen LogP contribution >= 0.6 is 34.5 Å². The Labute approximate surface area is 108 Å². The summed E-state index contributed by atoms with van der Waals surface area (Å²) in [5, 5.41) is 8.42. The van der Waals surface area contributed by atoms with Crippen molar-refractivity contribution in [3.05, 3.63) is 20.3 Å². The zero-order chi connectivity index (χ0) is 12.1. The van der Waals surface area contributed by atoms with Crippen LogP contribution in [0, 0.1) is 11.3 Å². The van der Waals surface area contributed by atoms with Gasteiger partial charge in [-0.1, -0.05) is 23.2 Å². The van der Waals surface area contributed by atoms with Crippen molar-refractivity contribution < 1.29 is 4.79 Å². The van der Waals surface area contributed by atoms with E-state index in [1.807, 2.05) is 6.07 Å². The van der Waals surface area contributed by atoms with Crippen molar-refractivity contribution in [3.8, 4) is 6.07 Å². The molecule has 1 rings (SSSR count). The molecule has 0 spiro atoms. The highest BCUT2D eigenvalue weighted by Crippen LogP contribution is 2.31. The van der Waals surface area contributed by atoms with Crippen molar-refractivity contribution in [1.29, 1.82) is 5.26 Å². The van der Waals surface area contributed by atoms with Crippen LogP contribution in [0.1, 0.15) is 16.8 Å². The lowest BCUT2D eigenvalue weighted by molar-refractivity contribution is 0.0948. The molecule has 1 aromatic rings. The van der Waals surface area contributed by atoms with E-state index in [1.54, 1.807) is 18.0 Å². The molecule has 1 heterocycles. The fourth-order valence-corrected chi connectivity index (χ4v) is 2.68. The molecular formula is C10H10Cl2N2OS. The molecule has 0 aromatic carbocycles. The second-order valence-corrected chi connectivity index (χ2v) is 5.59. The zero-order valence-electron chi connectivity index (χ0n) is 8.67. The molecule has 0 saturated heterocycles. The Morgan fingerprint density at radius 2 is 2.31 bits per heavy atom. The van der Waals surface area contributed by atoms with E-state index in [9.17, 15) is 4.79 Å². The van der Waals surface area contributed by atoms with Crippen LogP contribution in [-0.2, 0) is 0 Å². The minimum atomic E-state index is -0.0754. The quantitative estimate of drug-likeness (QED) is 0.777. The van der Waals surface area contributed by atoms with Crippen LogP contribution in [0.25, 0.3) is 0 Å². The average Bonchev–Trinajstić information content (AvgIpc) is 2.54. The van der Waals surface area contributed by atoms with E-state index in [0.717, 1.165) is 0 Å². The minimum absolute atomic E-state index is 0.0754. The van der Waals surface area contributed by atoms with E-state index in [2.05, 4.69) is 0 Å². The van der Waals surface area contributed by atoms with Crippen LogP contribution in [0.2, 0.25) is 8.67 Å². The topological polar surface area (TPSA) is 44.1 Å². The SMILES string of the molecule is CN(CCC#N)CC(=O)c1cc(Cl)sc1Cl. The normalized spacial score (nSPS) is 10.4. The lowest BCUT2D eigenvalue weighted by Crippen LogP contribution is -2.26. The summed E-state index contributed by atoms with van der Waals surface area (Å²) in [5.41, 5.74) is 0.459. The smallest absolute Gasteiger partial charge is 0.179 e. The molecule has 1 aromatic heterocycles. The number of likely N-dealkylation sites (N-methyl/N-ethyl adjacent to an activating group) is 1. The molecular weight excluding hydrogens is 267 g/mol. The number of hydrogen-bond donors (Lipinski definition) is 0. The minimum Gasteiger partial charge on any atom is -0.298 e. The molecule has 0 N–H and O–H groups in total. The summed E-state index contributed by atoms with van der Waals surface area (Å²) in [6, 6.07) is 3.61. The van der Waals surface area contributed by atoms with Gasteiger partial charge in [0.1, 0.15) is 4.34 Å². The van der Waals surface area contributed by atoms with Gasteiger partial charge in [-0.2, -0.15) is 5.26 Å². The molecule has 0 bridgehead atoms. The first kappa shape index (κ1) is 13.5. The highest BCUT2D eigenvalue weighted by molar-refractivity contribution is 7.20. The summed E-state index contributed by atoms with van der Waals surface area (Å²) in [5.74, 6) is -0.0754. The molecule has 0 radical (unpaired) electrons. The van der Waals surface area contributed by atoms with Gasteiger partial charge in [0, 0.05) is 13.0 Å². The van der Waals surface area contributed by atoms with Crippen molar-refractivity contribution in [3.63, 3.8) is 0 Å². The first-order valence-corrected chi connectivity index (χ1v) is 6.15. The predicted molar refractivity (Wildman–Crippen MR) is 66.4 cm³/mol. The van der Waals surface area contributed by atoms with Gasteiger partial charge in [0.2, 0.25) is 0 Å². The van der Waals surface area contributed by atoms with Gasteiger partial charge in [0.25, 0.3) is 0 Å². The highest BCUT2D eigenvalue weighted by atomic mass is 35.5. The molecule has 0 aliphatic carbocycles. The number of rotatable bonds is 5. The fraction of sp³-hybridized carbons (Fsp3) is 0.400. The number of halogens is 2. The van der Waals surface area contributed by atoms with Crippen LogP contribution < -0.4 is 0 Å². The monoisotopic (exact) mass is 276 g/mol. The summed E-state index contributed by atoms with van der Waals surface area (Å²) < 4.78 is 0.928. The van der Waals surface area contributed by atoms with Gasteiger partial charge in [-0.05, 0) is 13.1 Å². The Kier molecular flexibility index (Phi) is 5.23. The fourth-order valence-electron chi connectivity index (χ4n) is 1.18. The second kappa shape index (κ2) is 6.21. The predicted octanol–water partition coefficient (Wildman–Crippen LogP) is 3.08. The largest absolute Gasteiger partial charge is 0.298 e. The molecule has 86 valence electrons. The van der Waals surface area contributed by atoms with Gasteiger partial charge >= 0.3 is 0 Å². The van der Waals surface area contributed by atoms with Gasteiger partial charge in [0.05, 0.1) is 22.5 Å². The maximum atomic E-state index is 11.8. The molecule has 6 heteroatoms. The molecule has 0 unspecified atom stereocenters. The van der Waals surface area contributed by atoms with Crippen LogP contribution in [-0.4, -0.2) is 30.8 Å². The van der Waals surface area contributed by atoms with E-state index >= 15 is 0 Å². The maximum absolute atomic E-state index is 11.8. The van der Waals surface area contributed by atoms with Gasteiger partial charge in [-0.25, -0.2) is 0 Å². The van der Waals surface area contributed by atoms with E-state index < -0.39 is 0 Å². The molecule has 16 heavy (non-hydrogen) atoms. The van der Waals surface area contributed by atoms with Gasteiger partial charge in [-0.3, -0.25) is 9.69 Å². The molecule has 0 saturated carbocycles. The van der Waals surface area contributed by atoms with Gasteiger partial charge < -0.3 is 0 Å². The van der Waals surface area contributed by atoms with Crippen LogP contribution in [0.4, 0.5) is 0 Å². The third-order valence-electron chi connectivity index (χ3n) is 1.98. The van der Waals surface area contributed by atoms with Crippen LogP contribution in [0.3, 0.4) is 0 Å². The van der Waals surface area contributed by atoms with Crippen molar-refractivity contribution in [1.82, 2.24) is 4.90 Å². The molecule has 0 aliphatic heterocycles. The number of Topliss-reactive ketones (excluding diaryl/α,β-unsaturated/α-hetero) is 1. The van der Waals surface area contributed by atoms with Gasteiger partial charge in [0.15, 0.2) is 5.78 Å². The van der Waals surface area contributed by atoms with Crippen molar-refractivity contribution in [2.24, 2.45) is 0 Å². The standard InChI is InChI=1S/C10H10Cl2N2OS/c1-14(4-2-3-13)6-8(15)7-5-9(11)16-10(7)12/h5H,2,4,6H2,1H3. The number of nitriles is 1. The number of hydrogen-bond acceptors (Lipinski definition) is 4. The molecule has 0 aliphatic rings. The molecule has 0 fully saturated rings. The average molecular weight is 277 g/mol. The van der Waals surface area contributed by atoms with E-state index in [0.29, 0.717) is 27.2 Å². The lowest BCUT2D eigenvalue weighted by Gasteiger charge is -2.12. The van der Waals surface area contributed by atoms with E-state index in [-0.39, 0.29) is 12.3 Å². The van der Waals surface area contributed by atoms with Crippen LogP contribution in [0.5, 0.6) is 0 Å². The number of carbonyl (C=O) groups excluding carboxylic acids is 1. The maximum Gasteiger partial charge on any atom is 0.179 e.